The third kappa shape index (κ3) is 6.65. The summed E-state index contributed by atoms with van der Waals surface area (Å²) in [4.78, 5) is 16.8. The van der Waals surface area contributed by atoms with Crippen molar-refractivity contribution in [1.29, 1.82) is 0 Å². The van der Waals surface area contributed by atoms with E-state index in [9.17, 15) is 9.90 Å². The molecule has 8 nitrogen and oxygen atoms in total. The van der Waals surface area contributed by atoms with E-state index in [1.807, 2.05) is 66.9 Å². The topological polar surface area (TPSA) is 113 Å². The normalized spacial score (nSPS) is 12.0. The molecule has 8 heteroatoms. The second-order valence-electron chi connectivity index (χ2n) is 9.44. The van der Waals surface area contributed by atoms with Crippen molar-refractivity contribution >= 4 is 22.9 Å². The summed E-state index contributed by atoms with van der Waals surface area (Å²) in [6.07, 6.45) is 7.67. The fourth-order valence-corrected chi connectivity index (χ4v) is 4.72. The number of nitrogens with one attached hydrogen (secondary N) is 2. The Labute approximate surface area is 234 Å². The van der Waals surface area contributed by atoms with Gasteiger partial charge in [-0.15, -0.1) is 0 Å². The summed E-state index contributed by atoms with van der Waals surface area (Å²) in [7, 11) is 4.67. The maximum atomic E-state index is 13.5. The van der Waals surface area contributed by atoms with Crippen molar-refractivity contribution in [2.75, 3.05) is 34.5 Å². The van der Waals surface area contributed by atoms with Crippen LogP contribution < -0.4 is 19.5 Å². The van der Waals surface area contributed by atoms with Gasteiger partial charge in [0.25, 0.3) is 5.91 Å². The number of aliphatic hydroxyl groups is 2. The van der Waals surface area contributed by atoms with Gasteiger partial charge in [-0.1, -0.05) is 30.4 Å². The van der Waals surface area contributed by atoms with Crippen LogP contribution in [0.2, 0.25) is 0 Å². The zero-order valence-corrected chi connectivity index (χ0v) is 23.1. The largest absolute Gasteiger partial charge is 0.493 e. The molecule has 3 aromatic carbocycles. The standard InChI is InChI=1S/C32H36N2O6/c1-38-29-17-23(18-30(39-2)31(29)40-3)22-13-21(9-5-4-8-12-35)14-24(15-22)32(37)34-26(20-36)16-25-19-33-28-11-7-6-10-27(25)28/h5-7,9-11,13-15,17-19,26,33,35-36H,4,8,12,16,20H2,1-3H3,(H,34,37)/t26-/m1/s1. The monoisotopic (exact) mass is 544 g/mol. The molecule has 0 unspecified atom stereocenters. The van der Waals surface area contributed by atoms with Crippen molar-refractivity contribution in [1.82, 2.24) is 10.3 Å². The molecule has 0 aliphatic carbocycles. The molecule has 0 spiro atoms. The number of allylic oxidation sites excluding steroid dienone is 1. The molecule has 1 atom stereocenters. The van der Waals surface area contributed by atoms with E-state index in [2.05, 4.69) is 10.3 Å². The smallest absolute Gasteiger partial charge is 0.251 e. The van der Waals surface area contributed by atoms with Gasteiger partial charge in [0.15, 0.2) is 11.5 Å². The van der Waals surface area contributed by atoms with Gasteiger partial charge in [0.05, 0.1) is 34.0 Å². The highest BCUT2D eigenvalue weighted by Gasteiger charge is 2.19. The van der Waals surface area contributed by atoms with Crippen LogP contribution in [0.5, 0.6) is 17.2 Å². The molecule has 40 heavy (non-hydrogen) atoms. The van der Waals surface area contributed by atoms with Crippen molar-refractivity contribution < 1.29 is 29.2 Å². The lowest BCUT2D eigenvalue weighted by Crippen LogP contribution is -2.39. The number of unbranched alkanes of at least 4 members (excludes halogenated alkanes) is 1. The number of H-pyrrole nitrogens is 1. The Bertz CT molecular complexity index is 1450. The number of aromatic amines is 1. The van der Waals surface area contributed by atoms with Crippen LogP contribution >= 0.6 is 0 Å². The molecule has 1 aromatic heterocycles. The molecule has 4 N–H and O–H groups in total. The third-order valence-corrected chi connectivity index (χ3v) is 6.75. The molecule has 0 fully saturated rings. The van der Waals surface area contributed by atoms with E-state index in [1.54, 1.807) is 27.4 Å². The highest BCUT2D eigenvalue weighted by atomic mass is 16.5. The van der Waals surface area contributed by atoms with Gasteiger partial charge in [0, 0.05) is 29.3 Å². The molecule has 0 aliphatic heterocycles. The minimum absolute atomic E-state index is 0.114. The van der Waals surface area contributed by atoms with Gasteiger partial charge in [-0.05, 0) is 77.9 Å². The Morgan fingerprint density at radius 3 is 2.38 bits per heavy atom. The highest BCUT2D eigenvalue weighted by molar-refractivity contribution is 5.96. The van der Waals surface area contributed by atoms with Gasteiger partial charge >= 0.3 is 0 Å². The van der Waals surface area contributed by atoms with Crippen molar-refractivity contribution in [3.63, 3.8) is 0 Å². The maximum Gasteiger partial charge on any atom is 0.251 e. The van der Waals surface area contributed by atoms with E-state index < -0.39 is 6.04 Å². The average molecular weight is 545 g/mol. The Morgan fingerprint density at radius 1 is 0.975 bits per heavy atom. The second-order valence-corrected chi connectivity index (χ2v) is 9.44. The van der Waals surface area contributed by atoms with Crippen LogP contribution in [-0.4, -0.2) is 61.7 Å². The predicted octanol–water partition coefficient (Wildman–Crippen LogP) is 4.98. The number of carbonyl (C=O) groups excluding carboxylic acids is 1. The Kier molecular flexibility index (Phi) is 9.83. The number of hydrogen-bond donors (Lipinski definition) is 4. The molecule has 0 aliphatic rings. The fourth-order valence-electron chi connectivity index (χ4n) is 4.72. The summed E-state index contributed by atoms with van der Waals surface area (Å²) in [5.41, 5.74) is 4.87. The quantitative estimate of drug-likeness (QED) is 0.177. The van der Waals surface area contributed by atoms with E-state index in [4.69, 9.17) is 19.3 Å². The molecular formula is C32H36N2O6. The molecule has 0 saturated heterocycles. The zero-order chi connectivity index (χ0) is 28.5. The van der Waals surface area contributed by atoms with Crippen molar-refractivity contribution in [3.8, 4) is 28.4 Å². The first kappa shape index (κ1) is 28.7. The van der Waals surface area contributed by atoms with Crippen LogP contribution in [-0.2, 0) is 6.42 Å². The summed E-state index contributed by atoms with van der Waals surface area (Å²) in [5, 5.41) is 23.3. The van der Waals surface area contributed by atoms with Crippen molar-refractivity contribution in [2.45, 2.75) is 25.3 Å². The first-order valence-corrected chi connectivity index (χ1v) is 13.2. The number of ether oxygens (including phenoxy) is 3. The SMILES string of the molecule is COc1cc(-c2cc(C=CCCCO)cc(C(=O)N[C@@H](CO)Cc3c[nH]c4ccccc34)c2)cc(OC)c1OC. The highest BCUT2D eigenvalue weighted by Crippen LogP contribution is 2.41. The summed E-state index contributed by atoms with van der Waals surface area (Å²) >= 11 is 0. The van der Waals surface area contributed by atoms with E-state index in [0.29, 0.717) is 42.1 Å². The number of aliphatic hydroxyl groups excluding tert-OH is 2. The lowest BCUT2D eigenvalue weighted by atomic mass is 9.97. The molecule has 210 valence electrons. The van der Waals surface area contributed by atoms with Gasteiger partial charge in [-0.3, -0.25) is 4.79 Å². The van der Waals surface area contributed by atoms with Crippen molar-refractivity contribution in [2.24, 2.45) is 0 Å². The number of amides is 1. The van der Waals surface area contributed by atoms with E-state index in [0.717, 1.165) is 33.2 Å². The number of fused-ring (bicyclic) bond motifs is 1. The van der Waals surface area contributed by atoms with E-state index in [1.165, 1.54) is 0 Å². The van der Waals surface area contributed by atoms with Crippen molar-refractivity contribution in [3.05, 3.63) is 83.6 Å². The third-order valence-electron chi connectivity index (χ3n) is 6.75. The second kappa shape index (κ2) is 13.7. The maximum absolute atomic E-state index is 13.5. The number of aromatic nitrogens is 1. The number of carbonyl (C=O) groups is 1. The molecule has 1 amide bonds. The number of methoxy groups -OCH3 is 3. The number of rotatable bonds is 13. The molecule has 4 aromatic rings. The predicted molar refractivity (Wildman–Crippen MR) is 157 cm³/mol. The lowest BCUT2D eigenvalue weighted by molar-refractivity contribution is 0.0916. The van der Waals surface area contributed by atoms with Crippen LogP contribution in [0.15, 0.2) is 66.9 Å². The molecule has 0 saturated carbocycles. The first-order chi connectivity index (χ1) is 19.5. The molecule has 0 bridgehead atoms. The van der Waals surface area contributed by atoms with Crippen LogP contribution in [0, 0.1) is 0 Å². The Morgan fingerprint density at radius 2 is 1.70 bits per heavy atom. The molecule has 0 radical (unpaired) electrons. The van der Waals surface area contributed by atoms with Gasteiger partial charge in [-0.2, -0.15) is 0 Å². The van der Waals surface area contributed by atoms with Crippen LogP contribution in [0.1, 0.15) is 34.3 Å². The minimum atomic E-state index is -0.472. The molecule has 4 rings (SSSR count). The van der Waals surface area contributed by atoms with Crippen LogP contribution in [0.25, 0.3) is 28.1 Å². The summed E-state index contributed by atoms with van der Waals surface area (Å²) < 4.78 is 16.5. The minimum Gasteiger partial charge on any atom is -0.493 e. The summed E-state index contributed by atoms with van der Waals surface area (Å²) in [6, 6.07) is 16.7. The Hall–Kier alpha value is -4.27. The number of hydrogen-bond acceptors (Lipinski definition) is 6. The van der Waals surface area contributed by atoms with Crippen LogP contribution in [0.3, 0.4) is 0 Å². The Balaban J connectivity index is 1.67. The van der Waals surface area contributed by atoms with Gasteiger partial charge < -0.3 is 34.7 Å². The lowest BCUT2D eigenvalue weighted by Gasteiger charge is -2.18. The first-order valence-electron chi connectivity index (χ1n) is 13.2. The zero-order valence-electron chi connectivity index (χ0n) is 23.1. The summed E-state index contributed by atoms with van der Waals surface area (Å²) in [6.45, 7) is -0.0891. The van der Waals surface area contributed by atoms with Gasteiger partial charge in [-0.25, -0.2) is 0 Å². The average Bonchev–Trinajstić information content (AvgIpc) is 3.40. The van der Waals surface area contributed by atoms with Gasteiger partial charge in [0.1, 0.15) is 0 Å². The number of benzene rings is 3. The molecule has 1 heterocycles. The summed E-state index contributed by atoms with van der Waals surface area (Å²) in [5.74, 6) is 1.20. The van der Waals surface area contributed by atoms with Crippen LogP contribution in [0.4, 0.5) is 0 Å². The fraction of sp³-hybridized carbons (Fsp3) is 0.281. The van der Waals surface area contributed by atoms with Gasteiger partial charge in [0.2, 0.25) is 5.75 Å². The molecular weight excluding hydrogens is 508 g/mol. The number of para-hydroxylation sites is 1. The van der Waals surface area contributed by atoms with E-state index in [-0.39, 0.29) is 19.1 Å². The van der Waals surface area contributed by atoms with E-state index >= 15 is 0 Å².